The van der Waals surface area contributed by atoms with Gasteiger partial charge in [-0.2, -0.15) is 13.2 Å². The van der Waals surface area contributed by atoms with E-state index in [1.165, 1.54) is 26.0 Å². The topological polar surface area (TPSA) is 67.9 Å². The summed E-state index contributed by atoms with van der Waals surface area (Å²) in [5.41, 5.74) is 8.94. The zero-order chi connectivity index (χ0) is 26.6. The minimum atomic E-state index is -3.99. The number of hydrogen-bond donors (Lipinski definition) is 1. The van der Waals surface area contributed by atoms with Crippen LogP contribution in [-0.2, 0) is 17.7 Å². The molecule has 0 aliphatic carbocycles. The lowest BCUT2D eigenvalue weighted by atomic mass is 10.0. The number of alkyl halides is 3. The first-order valence-electron chi connectivity index (χ1n) is 11.4. The molecule has 1 aliphatic rings. The third kappa shape index (κ3) is 8.52. The molecule has 1 atom stereocenters. The van der Waals surface area contributed by atoms with Gasteiger partial charge in [-0.25, -0.2) is 14.2 Å². The molecule has 194 valence electrons. The Labute approximate surface area is 208 Å². The molecule has 0 saturated heterocycles. The van der Waals surface area contributed by atoms with Crippen LogP contribution in [0.25, 0.3) is 0 Å². The molecule has 2 N–H and O–H groups in total. The van der Waals surface area contributed by atoms with Gasteiger partial charge >= 0.3 is 12.3 Å². The van der Waals surface area contributed by atoms with E-state index in [1.807, 2.05) is 33.1 Å². The summed E-state index contributed by atoms with van der Waals surface area (Å²) in [6.07, 6.45) is -3.44. The molecular weight excluding hydrogens is 482 g/mol. The van der Waals surface area contributed by atoms with Crippen LogP contribution in [0.5, 0.6) is 0 Å². The normalized spacial score (nSPS) is 15.1. The molecule has 1 unspecified atom stereocenters. The van der Waals surface area contributed by atoms with Gasteiger partial charge in [0.2, 0.25) is 0 Å². The summed E-state index contributed by atoms with van der Waals surface area (Å²) in [5.74, 6) is -1.12. The molecule has 0 saturated carbocycles. The summed E-state index contributed by atoms with van der Waals surface area (Å²) in [4.78, 5) is 19.5. The summed E-state index contributed by atoms with van der Waals surface area (Å²) < 4.78 is 53.4. The van der Waals surface area contributed by atoms with Crippen molar-refractivity contribution in [3.8, 4) is 0 Å². The molecule has 3 rings (SSSR count). The Hall–Kier alpha value is -2.62. The van der Waals surface area contributed by atoms with Gasteiger partial charge in [-0.1, -0.05) is 13.8 Å². The largest absolute Gasteiger partial charge is 0.444 e. The van der Waals surface area contributed by atoms with Crippen molar-refractivity contribution in [1.29, 1.82) is 0 Å². The van der Waals surface area contributed by atoms with E-state index >= 15 is 0 Å². The molecule has 1 amide bonds. The van der Waals surface area contributed by atoms with E-state index in [0.29, 0.717) is 31.0 Å². The number of aliphatic imine (C=N–C) groups is 1. The van der Waals surface area contributed by atoms with Gasteiger partial charge in [0, 0.05) is 22.4 Å². The lowest BCUT2D eigenvalue weighted by Crippen LogP contribution is -2.39. The standard InChI is InChI=1S/C20H24FN3O2S.C5H9F3/c1-12-7-13(21)9-14(8-12)23-18(22)16-11-27-17-10-24(6-5-15(16)17)19(25)26-20(2,3)4;1-3-4(2)5(6,7)8/h7-9,11H,5-6,10H2,1-4H3,(H2,22,23);4H,3H2,1-2H3. The van der Waals surface area contributed by atoms with Crippen LogP contribution in [0.4, 0.5) is 28.0 Å². The monoisotopic (exact) mass is 515 g/mol. The van der Waals surface area contributed by atoms with E-state index in [9.17, 15) is 22.4 Å². The van der Waals surface area contributed by atoms with Crippen molar-refractivity contribution in [2.24, 2.45) is 16.6 Å². The molecule has 0 fully saturated rings. The fourth-order valence-corrected chi connectivity index (χ4v) is 4.35. The molecule has 1 aromatic carbocycles. The summed E-state index contributed by atoms with van der Waals surface area (Å²) in [6, 6.07) is 4.61. The molecule has 0 bridgehead atoms. The first-order valence-corrected chi connectivity index (χ1v) is 12.2. The fraction of sp³-hybridized carbons (Fsp3) is 0.520. The van der Waals surface area contributed by atoms with Crippen molar-refractivity contribution in [2.45, 2.75) is 72.7 Å². The smallest absolute Gasteiger partial charge is 0.410 e. The van der Waals surface area contributed by atoms with E-state index in [1.54, 1.807) is 22.3 Å². The van der Waals surface area contributed by atoms with Gasteiger partial charge in [0.05, 0.1) is 18.2 Å². The van der Waals surface area contributed by atoms with E-state index in [2.05, 4.69) is 4.99 Å². The van der Waals surface area contributed by atoms with Crippen molar-refractivity contribution in [1.82, 2.24) is 4.90 Å². The number of amidine groups is 1. The van der Waals surface area contributed by atoms with Crippen LogP contribution in [0.3, 0.4) is 0 Å². The van der Waals surface area contributed by atoms with E-state index in [-0.39, 0.29) is 18.3 Å². The third-order valence-corrected chi connectivity index (χ3v) is 6.34. The number of aryl methyl sites for hydroxylation is 1. The molecule has 10 heteroatoms. The second kappa shape index (κ2) is 11.4. The summed E-state index contributed by atoms with van der Waals surface area (Å²) in [5, 5.41) is 1.95. The number of halogens is 4. The van der Waals surface area contributed by atoms with Crippen LogP contribution in [0.15, 0.2) is 28.6 Å². The average Bonchev–Trinajstić information content (AvgIpc) is 3.14. The van der Waals surface area contributed by atoms with E-state index in [0.717, 1.165) is 21.6 Å². The summed E-state index contributed by atoms with van der Waals surface area (Å²) >= 11 is 1.55. The minimum absolute atomic E-state index is 0.170. The van der Waals surface area contributed by atoms with E-state index < -0.39 is 17.7 Å². The highest BCUT2D eigenvalue weighted by molar-refractivity contribution is 7.10. The number of benzene rings is 1. The van der Waals surface area contributed by atoms with Gasteiger partial charge in [0.15, 0.2) is 0 Å². The highest BCUT2D eigenvalue weighted by Crippen LogP contribution is 2.30. The Morgan fingerprint density at radius 1 is 1.26 bits per heavy atom. The fourth-order valence-electron chi connectivity index (χ4n) is 3.24. The molecule has 2 heterocycles. The van der Waals surface area contributed by atoms with Crippen LogP contribution < -0.4 is 5.73 Å². The lowest BCUT2D eigenvalue weighted by molar-refractivity contribution is -0.170. The van der Waals surface area contributed by atoms with Gasteiger partial charge in [-0.05, 0) is 69.9 Å². The number of fused-ring (bicyclic) bond motifs is 1. The first-order chi connectivity index (χ1) is 16.1. The van der Waals surface area contributed by atoms with Crippen LogP contribution >= 0.6 is 11.3 Å². The maximum atomic E-state index is 13.6. The van der Waals surface area contributed by atoms with E-state index in [4.69, 9.17) is 10.5 Å². The Kier molecular flexibility index (Phi) is 9.33. The Morgan fingerprint density at radius 2 is 1.91 bits per heavy atom. The second-order valence-electron chi connectivity index (χ2n) is 9.54. The van der Waals surface area contributed by atoms with Crippen molar-refractivity contribution in [3.63, 3.8) is 0 Å². The number of amides is 1. The van der Waals surface area contributed by atoms with Crippen molar-refractivity contribution >= 4 is 29.0 Å². The maximum Gasteiger partial charge on any atom is 0.410 e. The summed E-state index contributed by atoms with van der Waals surface area (Å²) in [6.45, 7) is 11.2. The number of thiophene rings is 1. The first kappa shape index (κ1) is 28.6. The van der Waals surface area contributed by atoms with Crippen molar-refractivity contribution in [2.75, 3.05) is 6.54 Å². The molecule has 0 radical (unpaired) electrons. The quantitative estimate of drug-likeness (QED) is 0.269. The van der Waals surface area contributed by atoms with Crippen LogP contribution in [-0.4, -0.2) is 35.2 Å². The molecule has 1 aromatic heterocycles. The average molecular weight is 516 g/mol. The van der Waals surface area contributed by atoms with Gasteiger partial charge in [0.25, 0.3) is 0 Å². The van der Waals surface area contributed by atoms with Crippen LogP contribution in [0.1, 0.15) is 62.6 Å². The maximum absolute atomic E-state index is 13.6. The van der Waals surface area contributed by atoms with Crippen molar-refractivity contribution in [3.05, 3.63) is 51.0 Å². The number of rotatable bonds is 3. The molecule has 2 aromatic rings. The van der Waals surface area contributed by atoms with Crippen LogP contribution in [0, 0.1) is 18.7 Å². The Morgan fingerprint density at radius 3 is 2.43 bits per heavy atom. The zero-order valence-electron chi connectivity index (χ0n) is 20.9. The lowest BCUT2D eigenvalue weighted by Gasteiger charge is -2.30. The predicted molar refractivity (Wildman–Crippen MR) is 132 cm³/mol. The molecule has 0 spiro atoms. The Balaban J connectivity index is 0.000000466. The minimum Gasteiger partial charge on any atom is -0.444 e. The summed E-state index contributed by atoms with van der Waals surface area (Å²) in [7, 11) is 0. The van der Waals surface area contributed by atoms with Gasteiger partial charge < -0.3 is 15.4 Å². The third-order valence-electron chi connectivity index (χ3n) is 5.32. The number of nitrogens with zero attached hydrogens (tertiary/aromatic N) is 2. The Bertz CT molecular complexity index is 1040. The van der Waals surface area contributed by atoms with Crippen molar-refractivity contribution < 1.29 is 27.1 Å². The number of ether oxygens (including phenoxy) is 1. The highest BCUT2D eigenvalue weighted by Gasteiger charge is 2.34. The zero-order valence-corrected chi connectivity index (χ0v) is 21.7. The molecule has 1 aliphatic heterocycles. The van der Waals surface area contributed by atoms with Gasteiger partial charge in [-0.3, -0.25) is 0 Å². The molecular formula is C25H33F4N3O2S. The molecule has 35 heavy (non-hydrogen) atoms. The highest BCUT2D eigenvalue weighted by atomic mass is 32.1. The number of nitrogens with two attached hydrogens (primary N) is 1. The van der Waals surface area contributed by atoms with Crippen LogP contribution in [0.2, 0.25) is 0 Å². The number of carbonyl (C=O) groups excluding carboxylic acids is 1. The number of carbonyl (C=O) groups is 1. The second-order valence-corrected chi connectivity index (χ2v) is 10.5. The molecule has 5 nitrogen and oxygen atoms in total. The SMILES string of the molecule is CCC(C)C(F)(F)F.Cc1cc(F)cc(N=C(N)c2csc3c2CCN(C(=O)OC(C)(C)C)C3)c1. The van der Waals surface area contributed by atoms with Gasteiger partial charge in [-0.15, -0.1) is 11.3 Å². The number of hydrogen-bond acceptors (Lipinski definition) is 4. The predicted octanol–water partition coefficient (Wildman–Crippen LogP) is 7.12. The van der Waals surface area contributed by atoms with Gasteiger partial charge in [0.1, 0.15) is 17.3 Å².